The van der Waals surface area contributed by atoms with Gasteiger partial charge in [-0.05, 0) is 47.5 Å². The van der Waals surface area contributed by atoms with Crippen molar-refractivity contribution in [2.24, 2.45) is 5.73 Å². The van der Waals surface area contributed by atoms with Crippen LogP contribution in [-0.4, -0.2) is 65.2 Å². The van der Waals surface area contributed by atoms with Gasteiger partial charge >= 0.3 is 0 Å². The highest BCUT2D eigenvalue weighted by Gasteiger charge is 2.16. The van der Waals surface area contributed by atoms with Crippen LogP contribution in [0.1, 0.15) is 5.56 Å². The van der Waals surface area contributed by atoms with Crippen molar-refractivity contribution in [2.45, 2.75) is 0 Å². The highest BCUT2D eigenvalue weighted by Crippen LogP contribution is 2.29. The Morgan fingerprint density at radius 3 is 2.57 bits per heavy atom. The van der Waals surface area contributed by atoms with E-state index in [2.05, 4.69) is 32.2 Å². The van der Waals surface area contributed by atoms with Crippen molar-refractivity contribution in [1.29, 1.82) is 0 Å². The third-order valence-corrected chi connectivity index (χ3v) is 6.53. The van der Waals surface area contributed by atoms with Crippen LogP contribution in [0.4, 0.5) is 17.3 Å². The molecule has 4 N–H and O–H groups in total. The van der Waals surface area contributed by atoms with Gasteiger partial charge in [-0.25, -0.2) is 9.97 Å². The lowest BCUT2D eigenvalue weighted by atomic mass is 10.0. The number of rotatable bonds is 8. The number of para-hydroxylation sites is 1. The zero-order valence-electron chi connectivity index (χ0n) is 20.5. The molecule has 5 rings (SSSR count). The van der Waals surface area contributed by atoms with Crippen molar-refractivity contribution in [1.82, 2.24) is 14.9 Å². The number of hydrogen-bond acceptors (Lipinski definition) is 7. The van der Waals surface area contributed by atoms with E-state index in [1.165, 1.54) is 11.8 Å². The number of fused-ring (bicyclic) bond motifs is 1. The van der Waals surface area contributed by atoms with E-state index in [4.69, 9.17) is 15.8 Å². The number of hydrogen-bond donors (Lipinski definition) is 3. The summed E-state index contributed by atoms with van der Waals surface area (Å²) in [7, 11) is 0. The molecular formula is C29H30N6O2. The number of primary amides is 1. The maximum atomic E-state index is 11.1. The maximum Gasteiger partial charge on any atom is 0.241 e. The monoisotopic (exact) mass is 494 g/mol. The predicted octanol–water partition coefficient (Wildman–Crippen LogP) is 3.65. The minimum atomic E-state index is -0.479. The van der Waals surface area contributed by atoms with Gasteiger partial charge in [0.25, 0.3) is 0 Å². The Hall–Kier alpha value is -4.27. The van der Waals surface area contributed by atoms with Gasteiger partial charge in [-0.3, -0.25) is 9.69 Å². The second-order valence-corrected chi connectivity index (χ2v) is 9.02. The van der Waals surface area contributed by atoms with E-state index in [1.807, 2.05) is 60.8 Å². The molecule has 8 nitrogen and oxygen atoms in total. The fourth-order valence-corrected chi connectivity index (χ4v) is 4.59. The summed E-state index contributed by atoms with van der Waals surface area (Å²) < 4.78 is 0. The molecule has 0 spiro atoms. The van der Waals surface area contributed by atoms with Crippen LogP contribution < -0.4 is 16.0 Å². The van der Waals surface area contributed by atoms with Crippen LogP contribution in [0.15, 0.2) is 79.0 Å². The molecule has 0 aliphatic carbocycles. The van der Waals surface area contributed by atoms with Crippen LogP contribution in [0.25, 0.3) is 28.1 Å². The quantitative estimate of drug-likeness (QED) is 0.321. The van der Waals surface area contributed by atoms with Crippen molar-refractivity contribution in [2.75, 3.05) is 49.5 Å². The van der Waals surface area contributed by atoms with Crippen molar-refractivity contribution in [3.8, 4) is 11.1 Å². The molecule has 0 atom stereocenters. The normalized spacial score (nSPS) is 14.4. The molecule has 8 heteroatoms. The predicted molar refractivity (Wildman–Crippen MR) is 149 cm³/mol. The van der Waals surface area contributed by atoms with Crippen LogP contribution in [0.5, 0.6) is 0 Å². The van der Waals surface area contributed by atoms with E-state index in [-0.39, 0.29) is 6.61 Å². The Bertz CT molecular complexity index is 1410. The lowest BCUT2D eigenvalue weighted by Gasteiger charge is -2.35. The van der Waals surface area contributed by atoms with E-state index in [9.17, 15) is 4.79 Å². The van der Waals surface area contributed by atoms with Crippen LogP contribution in [0.2, 0.25) is 0 Å². The SMILES string of the molecule is NC(=O)C=Cc1cccc(-c2cccc3cnc(Nc4ccc(N5CCN(CCO)CC5)cc4)nc23)c1. The van der Waals surface area contributed by atoms with Crippen LogP contribution in [-0.2, 0) is 4.79 Å². The summed E-state index contributed by atoms with van der Waals surface area (Å²) in [6, 6.07) is 22.2. The number of carbonyl (C=O) groups excluding carboxylic acids is 1. The van der Waals surface area contributed by atoms with Gasteiger partial charge in [-0.2, -0.15) is 0 Å². The lowest BCUT2D eigenvalue weighted by molar-refractivity contribution is -0.113. The first-order valence-electron chi connectivity index (χ1n) is 12.4. The van der Waals surface area contributed by atoms with Gasteiger partial charge in [0.15, 0.2) is 0 Å². The Labute approximate surface area is 216 Å². The second-order valence-electron chi connectivity index (χ2n) is 9.02. The molecule has 1 fully saturated rings. The number of nitrogens with zero attached hydrogens (tertiary/aromatic N) is 4. The van der Waals surface area contributed by atoms with E-state index < -0.39 is 5.91 Å². The summed E-state index contributed by atoms with van der Waals surface area (Å²) >= 11 is 0. The van der Waals surface area contributed by atoms with Gasteiger partial charge in [0, 0.05) is 67.3 Å². The number of nitrogens with two attached hydrogens (primary N) is 1. The smallest absolute Gasteiger partial charge is 0.241 e. The Kier molecular flexibility index (Phi) is 7.39. The molecule has 3 aromatic carbocycles. The minimum absolute atomic E-state index is 0.208. The summed E-state index contributed by atoms with van der Waals surface area (Å²) in [5, 5.41) is 13.4. The zero-order chi connectivity index (χ0) is 25.6. The molecule has 1 aromatic heterocycles. The molecule has 1 aliphatic rings. The lowest BCUT2D eigenvalue weighted by Crippen LogP contribution is -2.47. The number of anilines is 3. The molecule has 37 heavy (non-hydrogen) atoms. The van der Waals surface area contributed by atoms with Crippen molar-refractivity contribution in [3.05, 3.63) is 84.6 Å². The first-order valence-corrected chi connectivity index (χ1v) is 12.4. The van der Waals surface area contributed by atoms with E-state index in [1.54, 1.807) is 6.08 Å². The van der Waals surface area contributed by atoms with Gasteiger partial charge in [0.2, 0.25) is 11.9 Å². The molecule has 1 aliphatic heterocycles. The van der Waals surface area contributed by atoms with Crippen molar-refractivity contribution >= 4 is 40.2 Å². The average Bonchev–Trinajstić information content (AvgIpc) is 2.93. The molecule has 0 radical (unpaired) electrons. The van der Waals surface area contributed by atoms with Gasteiger partial charge in [-0.1, -0.05) is 36.4 Å². The van der Waals surface area contributed by atoms with Crippen LogP contribution in [0, 0.1) is 0 Å². The van der Waals surface area contributed by atoms with Crippen molar-refractivity contribution < 1.29 is 9.90 Å². The Balaban J connectivity index is 1.34. The van der Waals surface area contributed by atoms with E-state index >= 15 is 0 Å². The van der Waals surface area contributed by atoms with E-state index in [0.717, 1.165) is 66.0 Å². The first-order chi connectivity index (χ1) is 18.1. The molecular weight excluding hydrogens is 464 g/mol. The molecule has 0 bridgehead atoms. The highest BCUT2D eigenvalue weighted by atomic mass is 16.3. The number of carbonyl (C=O) groups is 1. The van der Waals surface area contributed by atoms with Gasteiger partial charge < -0.3 is 21.1 Å². The van der Waals surface area contributed by atoms with Gasteiger partial charge in [0.1, 0.15) is 0 Å². The summed E-state index contributed by atoms with van der Waals surface area (Å²) in [4.78, 5) is 25.1. The molecule has 1 saturated heterocycles. The van der Waals surface area contributed by atoms with Crippen LogP contribution in [0.3, 0.4) is 0 Å². The summed E-state index contributed by atoms with van der Waals surface area (Å²) in [5.41, 5.74) is 11.0. The number of piperazine rings is 1. The fourth-order valence-electron chi connectivity index (χ4n) is 4.59. The number of aliphatic hydroxyl groups is 1. The number of aromatic nitrogens is 2. The van der Waals surface area contributed by atoms with E-state index in [0.29, 0.717) is 5.95 Å². The standard InChI is InChI=1S/C29H30N6O2/c30-27(37)12-7-21-3-1-4-22(19-21)26-6-2-5-23-20-31-29(33-28(23)26)32-24-8-10-25(11-9-24)35-15-13-34(14-16-35)17-18-36/h1-12,19-20,36H,13-18H2,(H2,30,37)(H,31,32,33). The van der Waals surface area contributed by atoms with Crippen molar-refractivity contribution in [3.63, 3.8) is 0 Å². The van der Waals surface area contributed by atoms with Gasteiger partial charge in [0.05, 0.1) is 12.1 Å². The third-order valence-electron chi connectivity index (χ3n) is 6.53. The zero-order valence-corrected chi connectivity index (χ0v) is 20.5. The number of nitrogens with one attached hydrogen (secondary N) is 1. The molecule has 0 saturated carbocycles. The van der Waals surface area contributed by atoms with Crippen LogP contribution >= 0.6 is 0 Å². The minimum Gasteiger partial charge on any atom is -0.395 e. The molecule has 0 unspecified atom stereocenters. The first kappa shape index (κ1) is 24.4. The molecule has 4 aromatic rings. The largest absolute Gasteiger partial charge is 0.395 e. The number of benzene rings is 3. The second kappa shape index (κ2) is 11.2. The number of amides is 1. The Morgan fingerprint density at radius 1 is 1.03 bits per heavy atom. The molecule has 1 amide bonds. The number of aliphatic hydroxyl groups excluding tert-OH is 1. The summed E-state index contributed by atoms with van der Waals surface area (Å²) in [6.45, 7) is 4.75. The van der Waals surface area contributed by atoms with Gasteiger partial charge in [-0.15, -0.1) is 0 Å². The Morgan fingerprint density at radius 2 is 1.81 bits per heavy atom. The maximum absolute atomic E-state index is 11.1. The molecule has 188 valence electrons. The molecule has 2 heterocycles. The summed E-state index contributed by atoms with van der Waals surface area (Å²) in [5.74, 6) is 0.0442. The topological polar surface area (TPSA) is 108 Å². The fraction of sp³-hybridized carbons (Fsp3) is 0.207. The summed E-state index contributed by atoms with van der Waals surface area (Å²) in [6.07, 6.45) is 4.89. The third kappa shape index (κ3) is 5.94. The highest BCUT2D eigenvalue weighted by molar-refractivity contribution is 5.95. The average molecular weight is 495 g/mol. The number of β-amino-alcohol motifs (C(OH)–C–C–N with tert-alkyl or cyclic N) is 1.